The molecule has 5 heteroatoms. The molecule has 0 aromatic heterocycles. The number of nitrogens with one attached hydrogen (secondary N) is 1. The van der Waals surface area contributed by atoms with Gasteiger partial charge in [-0.1, -0.05) is 41.9 Å². The summed E-state index contributed by atoms with van der Waals surface area (Å²) in [5, 5.41) is 1.60. The summed E-state index contributed by atoms with van der Waals surface area (Å²) in [5.41, 5.74) is 0.524. The summed E-state index contributed by atoms with van der Waals surface area (Å²) >= 11 is 5.35. The van der Waals surface area contributed by atoms with Crippen molar-refractivity contribution in [1.82, 2.24) is 5.32 Å². The standard InChI is InChI=1S/C11H11ClF3N/c1-16-7-9(10(12)11(13,14)15)8-5-3-2-4-6-8/h2-6,16H,7H2,1H3/b10-9+. The predicted octanol–water partition coefficient (Wildman–Crippen LogP) is 3.42. The van der Waals surface area contributed by atoms with Crippen LogP contribution in [0.1, 0.15) is 5.56 Å². The number of alkyl halides is 3. The smallest absolute Gasteiger partial charge is 0.316 e. The SMILES string of the molecule is CNC/C(=C(\Cl)C(F)(F)F)c1ccccc1. The summed E-state index contributed by atoms with van der Waals surface area (Å²) < 4.78 is 37.5. The van der Waals surface area contributed by atoms with Crippen LogP contribution in [0, 0.1) is 0 Å². The Morgan fingerprint density at radius 1 is 1.25 bits per heavy atom. The molecule has 0 atom stereocenters. The third-order valence-electron chi connectivity index (χ3n) is 1.99. The highest BCUT2D eigenvalue weighted by molar-refractivity contribution is 6.33. The van der Waals surface area contributed by atoms with Gasteiger partial charge in [-0.05, 0) is 18.2 Å². The van der Waals surface area contributed by atoms with Crippen molar-refractivity contribution in [2.24, 2.45) is 0 Å². The van der Waals surface area contributed by atoms with E-state index in [4.69, 9.17) is 11.6 Å². The van der Waals surface area contributed by atoms with Gasteiger partial charge >= 0.3 is 6.18 Å². The van der Waals surface area contributed by atoms with Crippen LogP contribution in [0.25, 0.3) is 5.57 Å². The first-order valence-corrected chi connectivity index (χ1v) is 5.00. The van der Waals surface area contributed by atoms with Crippen LogP contribution < -0.4 is 5.32 Å². The third kappa shape index (κ3) is 3.25. The van der Waals surface area contributed by atoms with Crippen LogP contribution in [0.2, 0.25) is 0 Å². The Labute approximate surface area is 96.9 Å². The monoisotopic (exact) mass is 249 g/mol. The van der Waals surface area contributed by atoms with Gasteiger partial charge < -0.3 is 5.32 Å². The lowest BCUT2D eigenvalue weighted by atomic mass is 10.1. The van der Waals surface area contributed by atoms with E-state index in [9.17, 15) is 13.2 Å². The van der Waals surface area contributed by atoms with Crippen molar-refractivity contribution >= 4 is 17.2 Å². The normalized spacial score (nSPS) is 13.6. The Balaban J connectivity index is 3.19. The summed E-state index contributed by atoms with van der Waals surface area (Å²) in [5.74, 6) is 0. The van der Waals surface area contributed by atoms with E-state index in [2.05, 4.69) is 5.32 Å². The Hall–Kier alpha value is -1.00. The van der Waals surface area contributed by atoms with Gasteiger partial charge in [0.25, 0.3) is 0 Å². The summed E-state index contributed by atoms with van der Waals surface area (Å²) in [4.78, 5) is 0. The molecule has 1 aromatic carbocycles. The van der Waals surface area contributed by atoms with E-state index in [1.165, 1.54) is 0 Å². The lowest BCUT2D eigenvalue weighted by Gasteiger charge is -2.13. The largest absolute Gasteiger partial charge is 0.427 e. The number of benzene rings is 1. The molecule has 0 fully saturated rings. The van der Waals surface area contributed by atoms with Crippen LogP contribution in [-0.4, -0.2) is 19.8 Å². The van der Waals surface area contributed by atoms with Gasteiger partial charge in [-0.3, -0.25) is 0 Å². The number of rotatable bonds is 3. The zero-order valence-corrected chi connectivity index (χ0v) is 9.36. The van der Waals surface area contributed by atoms with Crippen molar-refractivity contribution in [3.05, 3.63) is 40.9 Å². The van der Waals surface area contributed by atoms with Gasteiger partial charge in [0.15, 0.2) is 0 Å². The molecule has 1 N–H and O–H groups in total. The van der Waals surface area contributed by atoms with E-state index in [1.807, 2.05) is 0 Å². The van der Waals surface area contributed by atoms with Crippen LogP contribution in [0.15, 0.2) is 35.4 Å². The first-order chi connectivity index (χ1) is 7.46. The molecule has 0 radical (unpaired) electrons. The Morgan fingerprint density at radius 3 is 2.25 bits per heavy atom. The number of halogens is 4. The van der Waals surface area contributed by atoms with Crippen molar-refractivity contribution in [1.29, 1.82) is 0 Å². The van der Waals surface area contributed by atoms with Crippen molar-refractivity contribution in [3.8, 4) is 0 Å². The summed E-state index contributed by atoms with van der Waals surface area (Å²) in [6.45, 7) is 0.0718. The molecule has 16 heavy (non-hydrogen) atoms. The summed E-state index contributed by atoms with van der Waals surface area (Å²) in [7, 11) is 1.57. The minimum Gasteiger partial charge on any atom is -0.316 e. The third-order valence-corrected chi connectivity index (χ3v) is 2.43. The molecule has 0 spiro atoms. The molecule has 1 nitrogen and oxygen atoms in total. The fourth-order valence-electron chi connectivity index (χ4n) is 1.29. The van der Waals surface area contributed by atoms with Gasteiger partial charge in [0.1, 0.15) is 5.03 Å². The highest BCUT2D eigenvalue weighted by atomic mass is 35.5. The number of allylic oxidation sites excluding steroid dienone is 1. The molecule has 0 unspecified atom stereocenters. The minimum atomic E-state index is -4.51. The maximum atomic E-state index is 12.5. The van der Waals surface area contributed by atoms with Gasteiger partial charge in [0.05, 0.1) is 0 Å². The van der Waals surface area contributed by atoms with Gasteiger partial charge in [0, 0.05) is 6.54 Å². The highest BCUT2D eigenvalue weighted by Crippen LogP contribution is 2.34. The van der Waals surface area contributed by atoms with E-state index in [1.54, 1.807) is 37.4 Å². The number of hydrogen-bond acceptors (Lipinski definition) is 1. The van der Waals surface area contributed by atoms with Crippen LogP contribution in [-0.2, 0) is 0 Å². The molecule has 1 rings (SSSR count). The van der Waals surface area contributed by atoms with Crippen LogP contribution >= 0.6 is 11.6 Å². The number of hydrogen-bond donors (Lipinski definition) is 1. The zero-order valence-electron chi connectivity index (χ0n) is 8.61. The molecule has 0 saturated heterocycles. The molecule has 0 amide bonds. The second kappa shape index (κ2) is 5.37. The molecule has 1 aromatic rings. The van der Waals surface area contributed by atoms with Gasteiger partial charge in [-0.2, -0.15) is 13.2 Å². The van der Waals surface area contributed by atoms with Crippen LogP contribution in [0.5, 0.6) is 0 Å². The van der Waals surface area contributed by atoms with E-state index in [0.29, 0.717) is 5.56 Å². The summed E-state index contributed by atoms with van der Waals surface area (Å²) in [6, 6.07) is 8.28. The molecule has 88 valence electrons. The molecular weight excluding hydrogens is 239 g/mol. The van der Waals surface area contributed by atoms with Crippen LogP contribution in [0.4, 0.5) is 13.2 Å². The quantitative estimate of drug-likeness (QED) is 0.866. The first-order valence-electron chi connectivity index (χ1n) is 4.62. The molecule has 0 aliphatic carbocycles. The molecule has 0 saturated carbocycles. The van der Waals surface area contributed by atoms with Crippen molar-refractivity contribution in [2.45, 2.75) is 6.18 Å². The highest BCUT2D eigenvalue weighted by Gasteiger charge is 2.35. The van der Waals surface area contributed by atoms with Gasteiger partial charge in [-0.25, -0.2) is 0 Å². The van der Waals surface area contributed by atoms with Gasteiger partial charge in [-0.15, -0.1) is 0 Å². The van der Waals surface area contributed by atoms with Crippen molar-refractivity contribution < 1.29 is 13.2 Å². The fraction of sp³-hybridized carbons (Fsp3) is 0.273. The van der Waals surface area contributed by atoms with Crippen molar-refractivity contribution in [2.75, 3.05) is 13.6 Å². The Kier molecular flexibility index (Phi) is 4.38. The molecule has 0 aliphatic heterocycles. The lowest BCUT2D eigenvalue weighted by molar-refractivity contribution is -0.0840. The lowest BCUT2D eigenvalue weighted by Crippen LogP contribution is -2.16. The Bertz CT molecular complexity index is 371. The molecular formula is C11H11ClF3N. The topological polar surface area (TPSA) is 12.0 Å². The molecule has 0 bridgehead atoms. The molecule has 0 heterocycles. The zero-order chi connectivity index (χ0) is 12.2. The van der Waals surface area contributed by atoms with Crippen molar-refractivity contribution in [3.63, 3.8) is 0 Å². The van der Waals surface area contributed by atoms with E-state index < -0.39 is 11.2 Å². The second-order valence-electron chi connectivity index (χ2n) is 3.19. The first kappa shape index (κ1) is 13.1. The maximum Gasteiger partial charge on any atom is 0.427 e. The van der Waals surface area contributed by atoms with Crippen LogP contribution in [0.3, 0.4) is 0 Å². The Morgan fingerprint density at radius 2 is 1.81 bits per heavy atom. The second-order valence-corrected chi connectivity index (χ2v) is 3.56. The fourth-order valence-corrected chi connectivity index (χ4v) is 1.47. The summed E-state index contributed by atoms with van der Waals surface area (Å²) in [6.07, 6.45) is -4.51. The minimum absolute atomic E-state index is 0.0530. The predicted molar refractivity (Wildman–Crippen MR) is 59.2 cm³/mol. The van der Waals surface area contributed by atoms with E-state index in [-0.39, 0.29) is 12.1 Å². The van der Waals surface area contributed by atoms with E-state index >= 15 is 0 Å². The average Bonchev–Trinajstić information content (AvgIpc) is 2.25. The molecule has 0 aliphatic rings. The number of likely N-dealkylation sites (N-methyl/N-ethyl adjacent to an activating group) is 1. The average molecular weight is 250 g/mol. The van der Waals surface area contributed by atoms with E-state index in [0.717, 1.165) is 0 Å². The maximum absolute atomic E-state index is 12.5. The van der Waals surface area contributed by atoms with Gasteiger partial charge in [0.2, 0.25) is 0 Å².